The lowest BCUT2D eigenvalue weighted by atomic mass is 10.1. The lowest BCUT2D eigenvalue weighted by Gasteiger charge is -2.44. The highest BCUT2D eigenvalue weighted by Crippen LogP contribution is 2.55. The summed E-state index contributed by atoms with van der Waals surface area (Å²) in [7, 11) is 0. The van der Waals surface area contributed by atoms with Gasteiger partial charge in [-0.05, 0) is 29.8 Å². The third-order valence-corrected chi connectivity index (χ3v) is 8.49. The van der Waals surface area contributed by atoms with Crippen LogP contribution in [-0.4, -0.2) is 53.3 Å². The van der Waals surface area contributed by atoms with Gasteiger partial charge in [0.1, 0.15) is 16.7 Å². The third kappa shape index (κ3) is 5.09. The molecule has 4 aromatic rings. The van der Waals surface area contributed by atoms with Crippen LogP contribution < -0.4 is 15.1 Å². The summed E-state index contributed by atoms with van der Waals surface area (Å²) < 4.78 is 52.4. The Labute approximate surface area is 249 Å². The number of hydrogen-bond acceptors (Lipinski definition) is 7. The average Bonchev–Trinajstić information content (AvgIpc) is 3.47. The van der Waals surface area contributed by atoms with Crippen molar-refractivity contribution in [3.8, 4) is 11.8 Å². The number of rotatable bonds is 5. The van der Waals surface area contributed by atoms with E-state index in [9.17, 15) is 10.1 Å². The number of morpholine rings is 1. The van der Waals surface area contributed by atoms with Crippen molar-refractivity contribution in [3.05, 3.63) is 107 Å². The molecule has 0 bridgehead atoms. The summed E-state index contributed by atoms with van der Waals surface area (Å²) in [5.74, 6) is 0.400. The quantitative estimate of drug-likeness (QED) is 0.293. The summed E-state index contributed by atoms with van der Waals surface area (Å²) >= 11 is 0.333. The fourth-order valence-electron chi connectivity index (χ4n) is 5.00. The van der Waals surface area contributed by atoms with Crippen molar-refractivity contribution in [1.29, 1.82) is 5.26 Å². The van der Waals surface area contributed by atoms with E-state index in [0.717, 1.165) is 4.90 Å². The first kappa shape index (κ1) is 28.3. The maximum Gasteiger partial charge on any atom is 0.425 e. The lowest BCUT2D eigenvalue weighted by Crippen LogP contribution is -2.61. The Morgan fingerprint density at radius 1 is 0.907 bits per heavy atom. The molecule has 6 rings (SSSR count). The molecule has 9 nitrogen and oxygen atoms in total. The zero-order valence-electron chi connectivity index (χ0n) is 22.5. The molecule has 43 heavy (non-hydrogen) atoms. The molecule has 2 saturated heterocycles. The lowest BCUT2D eigenvalue weighted by molar-refractivity contribution is -0.167. The molecule has 13 heteroatoms. The molecule has 1 N–H and O–H groups in total. The molecule has 2 aliphatic heterocycles. The van der Waals surface area contributed by atoms with Crippen LogP contribution in [0.15, 0.2) is 96.0 Å². The number of nitriles is 1. The van der Waals surface area contributed by atoms with Gasteiger partial charge in [-0.2, -0.15) is 18.4 Å². The summed E-state index contributed by atoms with van der Waals surface area (Å²) in [5, 5.41) is 21.4. The predicted octanol–water partition coefficient (Wildman–Crippen LogP) is 5.67. The number of anilines is 2. The number of para-hydroxylation sites is 2. The van der Waals surface area contributed by atoms with Crippen LogP contribution in [0, 0.1) is 11.3 Å². The van der Waals surface area contributed by atoms with E-state index < -0.39 is 17.1 Å². The number of carbonyl (C=O) groups is 1. The van der Waals surface area contributed by atoms with E-state index in [1.165, 1.54) is 24.3 Å². The molecule has 0 aliphatic carbocycles. The number of aromatic nitrogens is 3. The first-order chi connectivity index (χ1) is 20.8. The van der Waals surface area contributed by atoms with Gasteiger partial charge in [-0.3, -0.25) is 9.47 Å². The first-order valence-corrected chi connectivity index (χ1v) is 14.1. The SMILES string of the molecule is N#CC(=C1SC(c2ccccc2)(C(F)(F)F)NC(=O)N1c1ccccc1)c1nnc(N2CCOCC2)n1-c1ccccc1. The number of ether oxygens (including phenoxy) is 1. The van der Waals surface area contributed by atoms with Gasteiger partial charge >= 0.3 is 12.2 Å². The number of allylic oxidation sites excluding steroid dienone is 1. The Hall–Kier alpha value is -4.80. The number of amides is 2. The highest BCUT2D eigenvalue weighted by molar-refractivity contribution is 8.04. The number of hydrogen-bond donors (Lipinski definition) is 1. The molecule has 1 atom stereocenters. The van der Waals surface area contributed by atoms with Crippen molar-refractivity contribution >= 4 is 35.0 Å². The number of nitrogens with zero attached hydrogens (tertiary/aromatic N) is 6. The molecule has 0 saturated carbocycles. The van der Waals surface area contributed by atoms with Crippen molar-refractivity contribution in [2.75, 3.05) is 36.1 Å². The topological polar surface area (TPSA) is 99.3 Å². The summed E-state index contributed by atoms with van der Waals surface area (Å²) in [5.41, 5.74) is 0.434. The summed E-state index contributed by atoms with van der Waals surface area (Å²) in [6, 6.07) is 25.3. The second kappa shape index (κ2) is 11.5. The van der Waals surface area contributed by atoms with E-state index in [1.807, 2.05) is 11.0 Å². The second-order valence-corrected chi connectivity index (χ2v) is 10.8. The van der Waals surface area contributed by atoms with E-state index in [-0.39, 0.29) is 27.7 Å². The molecule has 218 valence electrons. The van der Waals surface area contributed by atoms with Crippen molar-refractivity contribution in [2.45, 2.75) is 11.0 Å². The average molecular weight is 604 g/mol. The summed E-state index contributed by atoms with van der Waals surface area (Å²) in [6.45, 7) is 1.90. The maximum atomic E-state index is 15.1. The van der Waals surface area contributed by atoms with Crippen molar-refractivity contribution < 1.29 is 22.7 Å². The maximum absolute atomic E-state index is 15.1. The molecular formula is C30H24F3N7O2S. The minimum atomic E-state index is -4.95. The van der Waals surface area contributed by atoms with Gasteiger partial charge in [0.2, 0.25) is 10.8 Å². The number of nitrogens with one attached hydrogen (secondary N) is 1. The third-order valence-electron chi connectivity index (χ3n) is 7.04. The number of thioether (sulfide) groups is 1. The largest absolute Gasteiger partial charge is 0.425 e. The van der Waals surface area contributed by atoms with Crippen LogP contribution in [-0.2, 0) is 9.61 Å². The van der Waals surface area contributed by atoms with Crippen LogP contribution in [0.5, 0.6) is 0 Å². The minimum Gasteiger partial charge on any atom is -0.378 e. The van der Waals surface area contributed by atoms with E-state index >= 15 is 13.2 Å². The summed E-state index contributed by atoms with van der Waals surface area (Å²) in [4.78, 5) is 13.9. The second-order valence-electron chi connectivity index (χ2n) is 9.63. The van der Waals surface area contributed by atoms with Crippen LogP contribution in [0.2, 0.25) is 0 Å². The van der Waals surface area contributed by atoms with Gasteiger partial charge in [0.05, 0.1) is 24.6 Å². The molecule has 0 radical (unpaired) electrons. The molecule has 1 unspecified atom stereocenters. The Bertz CT molecular complexity index is 1690. The monoisotopic (exact) mass is 603 g/mol. The summed E-state index contributed by atoms with van der Waals surface area (Å²) in [6.07, 6.45) is -4.95. The Balaban J connectivity index is 1.63. The van der Waals surface area contributed by atoms with Crippen molar-refractivity contribution in [2.24, 2.45) is 0 Å². The fraction of sp³-hybridized carbons (Fsp3) is 0.200. The number of halogens is 3. The van der Waals surface area contributed by atoms with E-state index in [4.69, 9.17) is 4.74 Å². The fourth-order valence-corrected chi connectivity index (χ4v) is 6.32. The van der Waals surface area contributed by atoms with Crippen molar-refractivity contribution in [3.63, 3.8) is 0 Å². The van der Waals surface area contributed by atoms with E-state index in [2.05, 4.69) is 21.6 Å². The molecule has 3 aromatic carbocycles. The molecular weight excluding hydrogens is 579 g/mol. The van der Waals surface area contributed by atoms with Crippen LogP contribution in [0.4, 0.5) is 29.6 Å². The molecule has 0 spiro atoms. The van der Waals surface area contributed by atoms with Gasteiger partial charge in [-0.15, -0.1) is 10.2 Å². The van der Waals surface area contributed by atoms with Crippen LogP contribution in [0.1, 0.15) is 11.4 Å². The molecule has 2 aliphatic rings. The first-order valence-electron chi connectivity index (χ1n) is 13.3. The van der Waals surface area contributed by atoms with Gasteiger partial charge < -0.3 is 15.0 Å². The zero-order valence-corrected chi connectivity index (χ0v) is 23.3. The van der Waals surface area contributed by atoms with Gasteiger partial charge in [0, 0.05) is 13.1 Å². The molecule has 3 heterocycles. The van der Waals surface area contributed by atoms with Gasteiger partial charge in [-0.1, -0.05) is 78.5 Å². The highest BCUT2D eigenvalue weighted by Gasteiger charge is 2.62. The van der Waals surface area contributed by atoms with Crippen LogP contribution in [0.3, 0.4) is 0 Å². The number of benzene rings is 3. The van der Waals surface area contributed by atoms with Crippen LogP contribution >= 0.6 is 11.8 Å². The van der Waals surface area contributed by atoms with Crippen LogP contribution in [0.25, 0.3) is 11.3 Å². The van der Waals surface area contributed by atoms with E-state index in [0.29, 0.717) is 49.7 Å². The normalized spacial score (nSPS) is 20.4. The molecule has 2 amide bonds. The zero-order chi connectivity index (χ0) is 30.0. The standard InChI is InChI=1S/C30H24F3N7O2S/c31-30(32,33)29(21-10-4-1-5-11-21)35-28(41)40(23-14-8-3-9-15-23)26(43-29)24(20-34)25-36-37-27(38-16-18-42-19-17-38)39(25)22-12-6-2-7-13-22/h1-15H,16-19H2,(H,35,41). The minimum absolute atomic E-state index is 0.00235. The van der Waals surface area contributed by atoms with Gasteiger partial charge in [-0.25, -0.2) is 4.79 Å². The van der Waals surface area contributed by atoms with Gasteiger partial charge in [0.25, 0.3) is 0 Å². The molecule has 2 fully saturated rings. The van der Waals surface area contributed by atoms with E-state index in [1.54, 1.807) is 65.2 Å². The molecule has 1 aromatic heterocycles. The Morgan fingerprint density at radius 3 is 2.07 bits per heavy atom. The van der Waals surface area contributed by atoms with Crippen molar-refractivity contribution in [1.82, 2.24) is 20.1 Å². The predicted molar refractivity (Wildman–Crippen MR) is 156 cm³/mol. The smallest absolute Gasteiger partial charge is 0.378 e. The number of carbonyl (C=O) groups excluding carboxylic acids is 1. The number of alkyl halides is 3. The van der Waals surface area contributed by atoms with Gasteiger partial charge in [0.15, 0.2) is 5.82 Å². The number of urea groups is 1. The Kier molecular flexibility index (Phi) is 7.55. The Morgan fingerprint density at radius 2 is 1.49 bits per heavy atom. The highest BCUT2D eigenvalue weighted by atomic mass is 32.2.